The predicted molar refractivity (Wildman–Crippen MR) is 55.4 cm³/mol. The molecular formula is C9H16BrF2N. The van der Waals surface area contributed by atoms with Crippen molar-refractivity contribution in [2.24, 2.45) is 0 Å². The number of allylic oxidation sites excluding steroid dienone is 1. The lowest BCUT2D eigenvalue weighted by molar-refractivity contribution is 0.156. The number of hydrogen-bond donors (Lipinski definition) is 1. The topological polar surface area (TPSA) is 12.0 Å². The molecule has 0 aliphatic rings. The van der Waals surface area contributed by atoms with Gasteiger partial charge >= 0.3 is 4.83 Å². The molecule has 0 aliphatic heterocycles. The SMILES string of the molecule is CCCNCC/C=C(/C)C(F)(F)Br. The van der Waals surface area contributed by atoms with Crippen molar-refractivity contribution >= 4 is 15.9 Å². The Kier molecular flexibility index (Phi) is 6.51. The summed E-state index contributed by atoms with van der Waals surface area (Å²) in [5, 5.41) is 3.14. The first-order valence-corrected chi connectivity index (χ1v) is 5.22. The highest BCUT2D eigenvalue weighted by atomic mass is 79.9. The average Bonchev–Trinajstić information content (AvgIpc) is 2.02. The second-order valence-corrected chi connectivity index (χ2v) is 3.92. The minimum absolute atomic E-state index is 0.0748. The smallest absolute Gasteiger partial charge is 0.316 e. The average molecular weight is 256 g/mol. The standard InChI is InChI=1S/C9H16BrF2N/c1-3-6-13-7-4-5-8(2)9(10,11)12/h5,13H,3-4,6-7H2,1-2H3/b8-5-. The van der Waals surface area contributed by atoms with E-state index in [4.69, 9.17) is 0 Å². The molecule has 0 aliphatic carbocycles. The van der Waals surface area contributed by atoms with Gasteiger partial charge in [-0.1, -0.05) is 13.0 Å². The van der Waals surface area contributed by atoms with Crippen molar-refractivity contribution < 1.29 is 8.78 Å². The van der Waals surface area contributed by atoms with E-state index in [0.29, 0.717) is 6.42 Å². The summed E-state index contributed by atoms with van der Waals surface area (Å²) >= 11 is 2.30. The van der Waals surface area contributed by atoms with Crippen molar-refractivity contribution in [1.82, 2.24) is 5.32 Å². The van der Waals surface area contributed by atoms with E-state index in [1.54, 1.807) is 6.08 Å². The van der Waals surface area contributed by atoms with Gasteiger partial charge in [-0.2, -0.15) is 8.78 Å². The van der Waals surface area contributed by atoms with E-state index >= 15 is 0 Å². The molecule has 0 unspecified atom stereocenters. The Labute approximate surface area is 86.7 Å². The highest BCUT2D eigenvalue weighted by Crippen LogP contribution is 2.30. The van der Waals surface area contributed by atoms with Crippen LogP contribution in [0.2, 0.25) is 0 Å². The van der Waals surface area contributed by atoms with Crippen LogP contribution in [0, 0.1) is 0 Å². The van der Waals surface area contributed by atoms with Gasteiger partial charge < -0.3 is 5.32 Å². The van der Waals surface area contributed by atoms with E-state index in [0.717, 1.165) is 19.5 Å². The molecule has 0 aromatic rings. The highest BCUT2D eigenvalue weighted by Gasteiger charge is 2.25. The Morgan fingerprint density at radius 2 is 2.08 bits per heavy atom. The van der Waals surface area contributed by atoms with Crippen molar-refractivity contribution in [3.8, 4) is 0 Å². The van der Waals surface area contributed by atoms with Crippen LogP contribution in [0.25, 0.3) is 0 Å². The molecule has 0 spiro atoms. The third-order valence-electron chi connectivity index (χ3n) is 1.65. The lowest BCUT2D eigenvalue weighted by Gasteiger charge is -2.08. The summed E-state index contributed by atoms with van der Waals surface area (Å²) < 4.78 is 25.0. The Balaban J connectivity index is 3.60. The normalized spacial score (nSPS) is 13.5. The van der Waals surface area contributed by atoms with Gasteiger partial charge in [0.1, 0.15) is 0 Å². The Bertz CT molecular complexity index is 163. The zero-order valence-corrected chi connectivity index (χ0v) is 9.63. The zero-order chi connectivity index (χ0) is 10.3. The molecule has 0 atom stereocenters. The summed E-state index contributed by atoms with van der Waals surface area (Å²) in [5.41, 5.74) is 0.0748. The van der Waals surface area contributed by atoms with Crippen LogP contribution in [-0.2, 0) is 0 Å². The zero-order valence-electron chi connectivity index (χ0n) is 8.04. The fraction of sp³-hybridized carbons (Fsp3) is 0.778. The predicted octanol–water partition coefficient (Wildman–Crippen LogP) is 3.31. The first-order valence-electron chi connectivity index (χ1n) is 4.43. The Morgan fingerprint density at radius 3 is 2.54 bits per heavy atom. The molecule has 0 bridgehead atoms. The third-order valence-corrected chi connectivity index (χ3v) is 2.27. The van der Waals surface area contributed by atoms with Crippen molar-refractivity contribution in [3.63, 3.8) is 0 Å². The van der Waals surface area contributed by atoms with E-state index in [1.807, 2.05) is 0 Å². The van der Waals surface area contributed by atoms with Gasteiger partial charge in [0.25, 0.3) is 0 Å². The minimum atomic E-state index is -2.85. The number of alkyl halides is 3. The molecule has 0 rings (SSSR count). The highest BCUT2D eigenvalue weighted by molar-refractivity contribution is 9.10. The van der Waals surface area contributed by atoms with Crippen molar-refractivity contribution in [1.29, 1.82) is 0 Å². The van der Waals surface area contributed by atoms with Crippen LogP contribution in [0.4, 0.5) is 8.78 Å². The van der Waals surface area contributed by atoms with Gasteiger partial charge in [0.15, 0.2) is 0 Å². The van der Waals surface area contributed by atoms with Gasteiger partial charge in [0, 0.05) is 5.57 Å². The minimum Gasteiger partial charge on any atom is -0.316 e. The van der Waals surface area contributed by atoms with E-state index < -0.39 is 4.83 Å². The molecule has 13 heavy (non-hydrogen) atoms. The van der Waals surface area contributed by atoms with Crippen LogP contribution < -0.4 is 5.32 Å². The summed E-state index contributed by atoms with van der Waals surface area (Å²) in [6, 6.07) is 0. The number of halogens is 3. The van der Waals surface area contributed by atoms with Crippen molar-refractivity contribution in [2.45, 2.75) is 31.5 Å². The fourth-order valence-corrected chi connectivity index (χ4v) is 0.970. The van der Waals surface area contributed by atoms with Crippen LogP contribution >= 0.6 is 15.9 Å². The van der Waals surface area contributed by atoms with Crippen LogP contribution in [-0.4, -0.2) is 17.9 Å². The van der Waals surface area contributed by atoms with Crippen LogP contribution in [0.5, 0.6) is 0 Å². The monoisotopic (exact) mass is 255 g/mol. The van der Waals surface area contributed by atoms with Gasteiger partial charge in [-0.25, -0.2) is 0 Å². The molecule has 4 heteroatoms. The number of rotatable bonds is 6. The molecule has 1 nitrogen and oxygen atoms in total. The summed E-state index contributed by atoms with van der Waals surface area (Å²) in [7, 11) is 0. The molecule has 0 saturated carbocycles. The first kappa shape index (κ1) is 13.0. The van der Waals surface area contributed by atoms with Gasteiger partial charge in [0.2, 0.25) is 0 Å². The number of hydrogen-bond acceptors (Lipinski definition) is 1. The fourth-order valence-electron chi connectivity index (χ4n) is 0.808. The second-order valence-electron chi connectivity index (χ2n) is 2.92. The molecule has 1 N–H and O–H groups in total. The largest absolute Gasteiger partial charge is 0.322 e. The molecule has 0 amide bonds. The molecule has 0 aromatic heterocycles. The lowest BCUT2D eigenvalue weighted by atomic mass is 10.2. The quantitative estimate of drug-likeness (QED) is 0.436. The molecule has 0 saturated heterocycles. The van der Waals surface area contributed by atoms with Crippen LogP contribution in [0.3, 0.4) is 0 Å². The third kappa shape index (κ3) is 7.14. The summed E-state index contributed by atoms with van der Waals surface area (Å²) in [4.78, 5) is -2.85. The van der Waals surface area contributed by atoms with Crippen LogP contribution in [0.15, 0.2) is 11.6 Å². The molecule has 0 aromatic carbocycles. The molecular weight excluding hydrogens is 240 g/mol. The van der Waals surface area contributed by atoms with E-state index in [1.165, 1.54) is 6.92 Å². The summed E-state index contributed by atoms with van der Waals surface area (Å²) in [5.74, 6) is 0. The molecule has 0 heterocycles. The Hall–Kier alpha value is 0.0400. The first-order chi connectivity index (χ1) is 5.98. The van der Waals surface area contributed by atoms with Gasteiger partial charge in [-0.15, -0.1) is 0 Å². The lowest BCUT2D eigenvalue weighted by Crippen LogP contribution is -2.15. The van der Waals surface area contributed by atoms with Crippen molar-refractivity contribution in [3.05, 3.63) is 11.6 Å². The van der Waals surface area contributed by atoms with E-state index in [2.05, 4.69) is 28.2 Å². The van der Waals surface area contributed by atoms with Gasteiger partial charge in [-0.05, 0) is 48.8 Å². The molecule has 0 fully saturated rings. The summed E-state index contributed by atoms with van der Waals surface area (Å²) in [6.45, 7) is 5.20. The maximum Gasteiger partial charge on any atom is 0.322 e. The van der Waals surface area contributed by atoms with Crippen molar-refractivity contribution in [2.75, 3.05) is 13.1 Å². The van der Waals surface area contributed by atoms with Crippen LogP contribution in [0.1, 0.15) is 26.7 Å². The molecule has 78 valence electrons. The molecule has 0 radical (unpaired) electrons. The summed E-state index contributed by atoms with van der Waals surface area (Å²) in [6.07, 6.45) is 3.27. The maximum atomic E-state index is 12.5. The Morgan fingerprint density at radius 1 is 1.46 bits per heavy atom. The van der Waals surface area contributed by atoms with Gasteiger partial charge in [-0.3, -0.25) is 0 Å². The van der Waals surface area contributed by atoms with E-state index in [9.17, 15) is 8.78 Å². The van der Waals surface area contributed by atoms with Gasteiger partial charge in [0.05, 0.1) is 0 Å². The maximum absolute atomic E-state index is 12.5. The number of nitrogens with one attached hydrogen (secondary N) is 1. The van der Waals surface area contributed by atoms with E-state index in [-0.39, 0.29) is 5.57 Å². The second kappa shape index (κ2) is 6.49.